The summed E-state index contributed by atoms with van der Waals surface area (Å²) < 4.78 is 5.97. The average molecular weight is 232 g/mol. The SMILES string of the molecule is CCC1CCCC(Oc2cccc(C=O)c2)C1. The molecule has 2 atom stereocenters. The number of benzene rings is 1. The van der Waals surface area contributed by atoms with E-state index in [1.807, 2.05) is 18.2 Å². The molecule has 0 heterocycles. The Bertz CT molecular complexity index is 373. The Labute approximate surface area is 103 Å². The Kier molecular flexibility index (Phi) is 4.18. The van der Waals surface area contributed by atoms with E-state index < -0.39 is 0 Å². The average Bonchev–Trinajstić information content (AvgIpc) is 2.39. The first-order valence-corrected chi connectivity index (χ1v) is 6.53. The van der Waals surface area contributed by atoms with E-state index in [-0.39, 0.29) is 0 Å². The van der Waals surface area contributed by atoms with Crippen LogP contribution >= 0.6 is 0 Å². The van der Waals surface area contributed by atoms with Crippen LogP contribution in [0.25, 0.3) is 0 Å². The normalized spacial score (nSPS) is 24.3. The highest BCUT2D eigenvalue weighted by Gasteiger charge is 2.21. The van der Waals surface area contributed by atoms with E-state index in [4.69, 9.17) is 4.74 Å². The first-order chi connectivity index (χ1) is 8.31. The number of carbonyl (C=O) groups excluding carboxylic acids is 1. The minimum Gasteiger partial charge on any atom is -0.490 e. The third kappa shape index (κ3) is 3.32. The number of carbonyl (C=O) groups is 1. The van der Waals surface area contributed by atoms with Gasteiger partial charge in [-0.1, -0.05) is 31.9 Å². The van der Waals surface area contributed by atoms with Crippen LogP contribution in [-0.2, 0) is 0 Å². The zero-order chi connectivity index (χ0) is 12.1. The molecule has 0 aromatic heterocycles. The van der Waals surface area contributed by atoms with Gasteiger partial charge in [-0.15, -0.1) is 0 Å². The highest BCUT2D eigenvalue weighted by Crippen LogP contribution is 2.29. The molecule has 1 aromatic carbocycles. The van der Waals surface area contributed by atoms with Gasteiger partial charge in [-0.2, -0.15) is 0 Å². The van der Waals surface area contributed by atoms with E-state index in [0.29, 0.717) is 11.7 Å². The fraction of sp³-hybridized carbons (Fsp3) is 0.533. The standard InChI is InChI=1S/C15H20O2/c1-2-12-5-3-7-14(9-12)17-15-8-4-6-13(10-15)11-16/h4,6,8,10-12,14H,2-3,5,7,9H2,1H3. The lowest BCUT2D eigenvalue weighted by Crippen LogP contribution is -2.25. The second-order valence-electron chi connectivity index (χ2n) is 4.87. The second kappa shape index (κ2) is 5.85. The van der Waals surface area contributed by atoms with Crippen molar-refractivity contribution < 1.29 is 9.53 Å². The fourth-order valence-electron chi connectivity index (χ4n) is 2.57. The number of hydrogen-bond donors (Lipinski definition) is 0. The summed E-state index contributed by atoms with van der Waals surface area (Å²) >= 11 is 0. The van der Waals surface area contributed by atoms with Crippen LogP contribution in [0.5, 0.6) is 5.75 Å². The van der Waals surface area contributed by atoms with Crippen LogP contribution in [0.3, 0.4) is 0 Å². The first-order valence-electron chi connectivity index (χ1n) is 6.53. The molecule has 0 radical (unpaired) electrons. The van der Waals surface area contributed by atoms with E-state index in [2.05, 4.69) is 6.92 Å². The summed E-state index contributed by atoms with van der Waals surface area (Å²) in [7, 11) is 0. The molecule has 0 amide bonds. The lowest BCUT2D eigenvalue weighted by Gasteiger charge is -2.29. The fourth-order valence-corrected chi connectivity index (χ4v) is 2.57. The summed E-state index contributed by atoms with van der Waals surface area (Å²) in [4.78, 5) is 10.7. The van der Waals surface area contributed by atoms with E-state index in [0.717, 1.165) is 30.8 Å². The third-order valence-corrected chi connectivity index (χ3v) is 3.61. The molecule has 92 valence electrons. The van der Waals surface area contributed by atoms with Crippen molar-refractivity contribution in [1.82, 2.24) is 0 Å². The summed E-state index contributed by atoms with van der Waals surface area (Å²) in [6.45, 7) is 2.25. The van der Waals surface area contributed by atoms with Crippen molar-refractivity contribution in [3.63, 3.8) is 0 Å². The molecule has 0 N–H and O–H groups in total. The van der Waals surface area contributed by atoms with Gasteiger partial charge < -0.3 is 4.74 Å². The van der Waals surface area contributed by atoms with Gasteiger partial charge >= 0.3 is 0 Å². The zero-order valence-corrected chi connectivity index (χ0v) is 10.4. The lowest BCUT2D eigenvalue weighted by molar-refractivity contribution is 0.111. The van der Waals surface area contributed by atoms with Gasteiger partial charge in [0.2, 0.25) is 0 Å². The summed E-state index contributed by atoms with van der Waals surface area (Å²) in [6.07, 6.45) is 7.33. The van der Waals surface area contributed by atoms with E-state index >= 15 is 0 Å². The quantitative estimate of drug-likeness (QED) is 0.737. The molecule has 0 spiro atoms. The van der Waals surface area contributed by atoms with Crippen molar-refractivity contribution >= 4 is 6.29 Å². The number of hydrogen-bond acceptors (Lipinski definition) is 2. The minimum atomic E-state index is 0.329. The van der Waals surface area contributed by atoms with Gasteiger partial charge in [-0.25, -0.2) is 0 Å². The van der Waals surface area contributed by atoms with E-state index in [1.54, 1.807) is 6.07 Å². The first kappa shape index (κ1) is 12.2. The lowest BCUT2D eigenvalue weighted by atomic mass is 9.85. The molecule has 2 heteroatoms. The highest BCUT2D eigenvalue weighted by molar-refractivity contribution is 5.75. The summed E-state index contributed by atoms with van der Waals surface area (Å²) in [5, 5.41) is 0. The van der Waals surface area contributed by atoms with Crippen molar-refractivity contribution in [2.45, 2.75) is 45.1 Å². The molecule has 1 fully saturated rings. The van der Waals surface area contributed by atoms with Crippen LogP contribution in [0.2, 0.25) is 0 Å². The maximum absolute atomic E-state index is 10.7. The molecule has 17 heavy (non-hydrogen) atoms. The van der Waals surface area contributed by atoms with Gasteiger partial charge in [0, 0.05) is 5.56 Å². The zero-order valence-electron chi connectivity index (χ0n) is 10.4. The van der Waals surface area contributed by atoms with Crippen molar-refractivity contribution in [2.24, 2.45) is 5.92 Å². The van der Waals surface area contributed by atoms with Gasteiger partial charge in [0.1, 0.15) is 12.0 Å². The molecule has 2 rings (SSSR count). The van der Waals surface area contributed by atoms with Crippen LogP contribution in [0, 0.1) is 5.92 Å². The van der Waals surface area contributed by atoms with Crippen molar-refractivity contribution in [3.05, 3.63) is 29.8 Å². The number of rotatable bonds is 4. The maximum atomic E-state index is 10.7. The molecule has 1 aliphatic rings. The number of aldehydes is 1. The largest absolute Gasteiger partial charge is 0.490 e. The predicted molar refractivity (Wildman–Crippen MR) is 68.5 cm³/mol. The van der Waals surface area contributed by atoms with Gasteiger partial charge in [-0.05, 0) is 37.3 Å². The van der Waals surface area contributed by atoms with Crippen LogP contribution in [0.15, 0.2) is 24.3 Å². The van der Waals surface area contributed by atoms with Crippen molar-refractivity contribution in [1.29, 1.82) is 0 Å². The predicted octanol–water partition coefficient (Wildman–Crippen LogP) is 3.85. The summed E-state index contributed by atoms with van der Waals surface area (Å²) in [6, 6.07) is 7.43. The smallest absolute Gasteiger partial charge is 0.150 e. The molecule has 0 saturated heterocycles. The van der Waals surface area contributed by atoms with Crippen LogP contribution < -0.4 is 4.74 Å². The molecular formula is C15H20O2. The van der Waals surface area contributed by atoms with E-state index in [1.165, 1.54) is 19.3 Å². The molecule has 1 aliphatic carbocycles. The molecule has 2 nitrogen and oxygen atoms in total. The summed E-state index contributed by atoms with van der Waals surface area (Å²) in [5.74, 6) is 1.64. The molecule has 0 aliphatic heterocycles. The maximum Gasteiger partial charge on any atom is 0.150 e. The Balaban J connectivity index is 1.97. The van der Waals surface area contributed by atoms with Gasteiger partial charge in [0.05, 0.1) is 6.10 Å². The molecule has 0 bridgehead atoms. The van der Waals surface area contributed by atoms with Crippen molar-refractivity contribution in [3.8, 4) is 5.75 Å². The van der Waals surface area contributed by atoms with Gasteiger partial charge in [-0.3, -0.25) is 4.79 Å². The Morgan fingerprint density at radius 2 is 2.29 bits per heavy atom. The molecular weight excluding hydrogens is 212 g/mol. The van der Waals surface area contributed by atoms with Gasteiger partial charge in [0.15, 0.2) is 0 Å². The van der Waals surface area contributed by atoms with Crippen molar-refractivity contribution in [2.75, 3.05) is 0 Å². The Morgan fingerprint density at radius 3 is 3.06 bits per heavy atom. The van der Waals surface area contributed by atoms with E-state index in [9.17, 15) is 4.79 Å². The summed E-state index contributed by atoms with van der Waals surface area (Å²) in [5.41, 5.74) is 0.686. The molecule has 2 unspecified atom stereocenters. The molecule has 1 aromatic rings. The van der Waals surface area contributed by atoms with Gasteiger partial charge in [0.25, 0.3) is 0 Å². The third-order valence-electron chi connectivity index (χ3n) is 3.61. The molecule has 1 saturated carbocycles. The Hall–Kier alpha value is -1.31. The van der Waals surface area contributed by atoms with Crippen LogP contribution in [0.4, 0.5) is 0 Å². The number of ether oxygens (including phenoxy) is 1. The second-order valence-corrected chi connectivity index (χ2v) is 4.87. The Morgan fingerprint density at radius 1 is 1.41 bits per heavy atom. The monoisotopic (exact) mass is 232 g/mol. The van der Waals surface area contributed by atoms with Crippen LogP contribution in [-0.4, -0.2) is 12.4 Å². The topological polar surface area (TPSA) is 26.3 Å². The minimum absolute atomic E-state index is 0.329. The highest BCUT2D eigenvalue weighted by atomic mass is 16.5. The van der Waals surface area contributed by atoms with Crippen LogP contribution in [0.1, 0.15) is 49.4 Å².